The fourth-order valence-corrected chi connectivity index (χ4v) is 6.21. The highest BCUT2D eigenvalue weighted by molar-refractivity contribution is 6.09. The summed E-state index contributed by atoms with van der Waals surface area (Å²) in [4.78, 5) is 0. The lowest BCUT2D eigenvalue weighted by Gasteiger charge is -2.16. The van der Waals surface area contributed by atoms with Gasteiger partial charge in [0.25, 0.3) is 0 Å². The molecule has 0 N–H and O–H groups in total. The van der Waals surface area contributed by atoms with Gasteiger partial charge in [-0.3, -0.25) is 0 Å². The maximum Gasteiger partial charge on any atom is 0.0541 e. The zero-order valence-corrected chi connectivity index (χ0v) is 21.4. The fourth-order valence-electron chi connectivity index (χ4n) is 6.21. The number of nitrogens with zero attached hydrogens (tertiary/aromatic N) is 1. The van der Waals surface area contributed by atoms with Gasteiger partial charge < -0.3 is 4.57 Å². The van der Waals surface area contributed by atoms with Gasteiger partial charge in [0.15, 0.2) is 0 Å². The number of hydrogen-bond acceptors (Lipinski definition) is 0. The molecular formula is C38H25N. The van der Waals surface area contributed by atoms with Gasteiger partial charge in [0.1, 0.15) is 0 Å². The highest BCUT2D eigenvalue weighted by Crippen LogP contribution is 2.39. The van der Waals surface area contributed by atoms with Crippen molar-refractivity contribution in [3.8, 4) is 27.9 Å². The second kappa shape index (κ2) is 8.72. The van der Waals surface area contributed by atoms with Crippen molar-refractivity contribution in [1.29, 1.82) is 0 Å². The fraction of sp³-hybridized carbons (Fsp3) is 0. The lowest BCUT2D eigenvalue weighted by atomic mass is 9.92. The van der Waals surface area contributed by atoms with Gasteiger partial charge in [-0.15, -0.1) is 0 Å². The molecule has 0 saturated heterocycles. The van der Waals surface area contributed by atoms with E-state index in [0.717, 1.165) is 0 Å². The molecule has 0 amide bonds. The summed E-state index contributed by atoms with van der Waals surface area (Å²) in [6, 6.07) is 55.1. The largest absolute Gasteiger partial charge is 0.309 e. The van der Waals surface area contributed by atoms with Gasteiger partial charge >= 0.3 is 0 Å². The van der Waals surface area contributed by atoms with Crippen molar-refractivity contribution in [3.05, 3.63) is 152 Å². The summed E-state index contributed by atoms with van der Waals surface area (Å²) in [7, 11) is 0. The van der Waals surface area contributed by atoms with Crippen molar-refractivity contribution in [3.63, 3.8) is 0 Å². The predicted octanol–water partition coefficient (Wildman–Crippen LogP) is 10.4. The first-order chi connectivity index (χ1) is 19.3. The van der Waals surface area contributed by atoms with Crippen LogP contribution in [-0.2, 0) is 0 Å². The van der Waals surface area contributed by atoms with E-state index in [0.29, 0.717) is 0 Å². The van der Waals surface area contributed by atoms with Crippen molar-refractivity contribution in [2.75, 3.05) is 0 Å². The molecule has 8 rings (SSSR count). The summed E-state index contributed by atoms with van der Waals surface area (Å²) in [5, 5.41) is 7.59. The molecule has 8 aromatic rings. The van der Waals surface area contributed by atoms with Crippen LogP contribution in [0.4, 0.5) is 0 Å². The van der Waals surface area contributed by atoms with Crippen LogP contribution in [0.5, 0.6) is 0 Å². The second-order valence-corrected chi connectivity index (χ2v) is 10.2. The molecule has 0 bridgehead atoms. The molecule has 0 aliphatic rings. The van der Waals surface area contributed by atoms with E-state index in [1.807, 2.05) is 0 Å². The molecule has 1 heterocycles. The average Bonchev–Trinajstić information content (AvgIpc) is 3.35. The number of hydrogen-bond donors (Lipinski definition) is 0. The number of benzene rings is 7. The Hall–Kier alpha value is -5.14. The molecule has 1 heteroatoms. The van der Waals surface area contributed by atoms with Crippen LogP contribution in [0, 0.1) is 0 Å². The van der Waals surface area contributed by atoms with Crippen molar-refractivity contribution in [2.45, 2.75) is 0 Å². The average molecular weight is 496 g/mol. The Labute approximate surface area is 227 Å². The predicted molar refractivity (Wildman–Crippen MR) is 167 cm³/mol. The van der Waals surface area contributed by atoms with E-state index in [2.05, 4.69) is 156 Å². The van der Waals surface area contributed by atoms with Crippen LogP contribution in [0.25, 0.3) is 71.3 Å². The van der Waals surface area contributed by atoms with Gasteiger partial charge in [-0.2, -0.15) is 0 Å². The number of fused-ring (bicyclic) bond motifs is 5. The summed E-state index contributed by atoms with van der Waals surface area (Å²) in [5.41, 5.74) is 8.54. The van der Waals surface area contributed by atoms with Gasteiger partial charge in [-0.1, -0.05) is 121 Å². The molecular weight excluding hydrogens is 470 g/mol. The van der Waals surface area contributed by atoms with Crippen molar-refractivity contribution in [1.82, 2.24) is 4.57 Å². The molecule has 0 radical (unpaired) electrons. The minimum absolute atomic E-state index is 1.17. The van der Waals surface area contributed by atoms with Gasteiger partial charge in [0.2, 0.25) is 0 Å². The molecule has 0 aliphatic carbocycles. The quantitative estimate of drug-likeness (QED) is 0.230. The zero-order valence-electron chi connectivity index (χ0n) is 21.4. The highest BCUT2D eigenvalue weighted by Gasteiger charge is 2.15. The minimum Gasteiger partial charge on any atom is -0.309 e. The molecule has 182 valence electrons. The third-order valence-corrected chi connectivity index (χ3v) is 7.96. The zero-order chi connectivity index (χ0) is 25.8. The van der Waals surface area contributed by atoms with Crippen LogP contribution in [0.3, 0.4) is 0 Å². The van der Waals surface area contributed by atoms with Crippen LogP contribution in [-0.4, -0.2) is 4.57 Å². The topological polar surface area (TPSA) is 4.93 Å². The van der Waals surface area contributed by atoms with Crippen molar-refractivity contribution < 1.29 is 0 Å². The van der Waals surface area contributed by atoms with Crippen LogP contribution in [0.15, 0.2) is 152 Å². The lowest BCUT2D eigenvalue weighted by Crippen LogP contribution is -1.96. The Morgan fingerprint density at radius 1 is 0.333 bits per heavy atom. The van der Waals surface area contributed by atoms with Crippen LogP contribution in [0.1, 0.15) is 0 Å². The molecule has 7 aromatic carbocycles. The Balaban J connectivity index is 1.49. The Bertz CT molecular complexity index is 2020. The van der Waals surface area contributed by atoms with Gasteiger partial charge in [-0.05, 0) is 74.1 Å². The van der Waals surface area contributed by atoms with E-state index in [-0.39, 0.29) is 0 Å². The normalized spacial score (nSPS) is 11.6. The van der Waals surface area contributed by atoms with E-state index in [1.165, 1.54) is 71.3 Å². The maximum atomic E-state index is 2.42. The summed E-state index contributed by atoms with van der Waals surface area (Å²) in [5.74, 6) is 0. The van der Waals surface area contributed by atoms with Crippen LogP contribution in [0.2, 0.25) is 0 Å². The summed E-state index contributed by atoms with van der Waals surface area (Å²) >= 11 is 0. The monoisotopic (exact) mass is 495 g/mol. The van der Waals surface area contributed by atoms with Crippen LogP contribution < -0.4 is 0 Å². The number of para-hydroxylation sites is 2. The van der Waals surface area contributed by atoms with E-state index in [4.69, 9.17) is 0 Å². The summed E-state index contributed by atoms with van der Waals surface area (Å²) in [6.07, 6.45) is 0. The Morgan fingerprint density at radius 2 is 0.744 bits per heavy atom. The third-order valence-electron chi connectivity index (χ3n) is 7.96. The molecule has 0 atom stereocenters. The van der Waals surface area contributed by atoms with E-state index in [1.54, 1.807) is 0 Å². The van der Waals surface area contributed by atoms with Crippen molar-refractivity contribution in [2.24, 2.45) is 0 Å². The number of rotatable bonds is 3. The molecule has 0 fully saturated rings. The molecule has 39 heavy (non-hydrogen) atoms. The molecule has 1 nitrogen and oxygen atoms in total. The molecule has 0 unspecified atom stereocenters. The Kier molecular flexibility index (Phi) is 4.89. The molecule has 1 aromatic heterocycles. The number of aromatic nitrogens is 1. The van der Waals surface area contributed by atoms with E-state index in [9.17, 15) is 0 Å². The summed E-state index contributed by atoms with van der Waals surface area (Å²) in [6.45, 7) is 0. The maximum absolute atomic E-state index is 2.42. The lowest BCUT2D eigenvalue weighted by molar-refractivity contribution is 1.18. The first-order valence-corrected chi connectivity index (χ1v) is 13.5. The minimum atomic E-state index is 1.17. The first-order valence-electron chi connectivity index (χ1n) is 13.5. The summed E-state index contributed by atoms with van der Waals surface area (Å²) < 4.78 is 2.42. The van der Waals surface area contributed by atoms with Gasteiger partial charge in [-0.25, -0.2) is 0 Å². The van der Waals surface area contributed by atoms with Crippen LogP contribution >= 0.6 is 0 Å². The van der Waals surface area contributed by atoms with E-state index < -0.39 is 0 Å². The van der Waals surface area contributed by atoms with E-state index >= 15 is 0 Å². The highest BCUT2D eigenvalue weighted by atomic mass is 15.0. The third kappa shape index (κ3) is 3.48. The van der Waals surface area contributed by atoms with Gasteiger partial charge in [0, 0.05) is 16.5 Å². The molecule has 0 saturated carbocycles. The molecule has 0 aliphatic heterocycles. The van der Waals surface area contributed by atoms with Gasteiger partial charge in [0.05, 0.1) is 11.0 Å². The van der Waals surface area contributed by atoms with Crippen molar-refractivity contribution >= 4 is 43.4 Å². The second-order valence-electron chi connectivity index (χ2n) is 10.2. The smallest absolute Gasteiger partial charge is 0.0541 e. The first kappa shape index (κ1) is 21.9. The standard InChI is InChI=1S/C38H25N/c1-3-15-31-26(11-1)13-9-19-33(31)28-23-29(34-20-10-14-27-12-2-4-16-32(27)34)25-30(24-28)39-37-21-7-5-17-35(37)36-18-6-8-22-38(36)39/h1-25H. The Morgan fingerprint density at radius 3 is 1.26 bits per heavy atom. The SMILES string of the molecule is c1ccc2c(-c3cc(-c4cccc5ccccc45)cc(-n4c5ccccc5c5ccccc54)c3)cccc2c1. The molecule has 0 spiro atoms.